The highest BCUT2D eigenvalue weighted by atomic mass is 35.5. The van der Waals surface area contributed by atoms with Crippen molar-refractivity contribution in [2.45, 2.75) is 12.5 Å². The fraction of sp³-hybridized carbons (Fsp3) is 0.357. The number of fused-ring (bicyclic) bond motifs is 1. The first-order chi connectivity index (χ1) is 8.72. The van der Waals surface area contributed by atoms with Gasteiger partial charge in [0.1, 0.15) is 17.5 Å². The highest BCUT2D eigenvalue weighted by Gasteiger charge is 2.25. The van der Waals surface area contributed by atoms with Crippen molar-refractivity contribution < 1.29 is 0 Å². The van der Waals surface area contributed by atoms with Crippen LogP contribution < -0.4 is 10.6 Å². The molecule has 4 nitrogen and oxygen atoms in total. The lowest BCUT2D eigenvalue weighted by Gasteiger charge is -2.19. The predicted molar refractivity (Wildman–Crippen MR) is 79.7 cm³/mol. The highest BCUT2D eigenvalue weighted by Crippen LogP contribution is 2.32. The number of para-hydroxylation sites is 1. The summed E-state index contributed by atoms with van der Waals surface area (Å²) in [5.74, 6) is 1.01. The summed E-state index contributed by atoms with van der Waals surface area (Å²) < 4.78 is 2.10. The fourth-order valence-corrected chi connectivity index (χ4v) is 2.84. The standard InChI is InChI=1S/C14H16N4.ClH/c1-17-13-5-3-2-4-11(13)12(8-15)14(17)18-7-6-10(16)9-18;/h2-5,10H,6-7,9,16H2,1H3;1H. The Morgan fingerprint density at radius 2 is 2.11 bits per heavy atom. The molecule has 0 radical (unpaired) electrons. The molecule has 3 rings (SSSR count). The van der Waals surface area contributed by atoms with E-state index in [1.807, 2.05) is 25.2 Å². The summed E-state index contributed by atoms with van der Waals surface area (Å²) in [4.78, 5) is 2.23. The molecule has 1 atom stereocenters. The van der Waals surface area contributed by atoms with Crippen LogP contribution in [0.1, 0.15) is 12.0 Å². The van der Waals surface area contributed by atoms with Crippen LogP contribution in [0.15, 0.2) is 24.3 Å². The molecule has 0 spiro atoms. The first kappa shape index (κ1) is 13.7. The molecule has 0 bridgehead atoms. The Morgan fingerprint density at radius 1 is 1.37 bits per heavy atom. The van der Waals surface area contributed by atoms with E-state index in [0.29, 0.717) is 0 Å². The van der Waals surface area contributed by atoms with E-state index in [2.05, 4.69) is 21.6 Å². The van der Waals surface area contributed by atoms with Gasteiger partial charge in [-0.05, 0) is 12.5 Å². The average molecular weight is 277 g/mol. The maximum Gasteiger partial charge on any atom is 0.127 e. The SMILES string of the molecule is Cl.Cn1c(N2CCC(N)C2)c(C#N)c2ccccc21. The molecule has 0 saturated carbocycles. The van der Waals surface area contributed by atoms with Crippen molar-refractivity contribution in [3.05, 3.63) is 29.8 Å². The first-order valence-corrected chi connectivity index (χ1v) is 6.20. The summed E-state index contributed by atoms with van der Waals surface area (Å²) in [6, 6.07) is 10.6. The number of halogens is 1. The number of rotatable bonds is 1. The van der Waals surface area contributed by atoms with Gasteiger partial charge in [0.05, 0.1) is 5.52 Å². The van der Waals surface area contributed by atoms with Gasteiger partial charge in [-0.1, -0.05) is 18.2 Å². The zero-order valence-electron chi connectivity index (χ0n) is 10.8. The van der Waals surface area contributed by atoms with E-state index in [1.54, 1.807) is 0 Å². The molecule has 2 aromatic rings. The Hall–Kier alpha value is -1.70. The third kappa shape index (κ3) is 2.05. The van der Waals surface area contributed by atoms with Gasteiger partial charge in [0.15, 0.2) is 0 Å². The van der Waals surface area contributed by atoms with E-state index in [9.17, 15) is 5.26 Å². The Kier molecular flexibility index (Phi) is 3.70. The Labute approximate surface area is 118 Å². The molecule has 100 valence electrons. The Morgan fingerprint density at radius 3 is 2.74 bits per heavy atom. The monoisotopic (exact) mass is 276 g/mol. The van der Waals surface area contributed by atoms with Crippen molar-refractivity contribution in [1.29, 1.82) is 5.26 Å². The molecule has 2 N–H and O–H groups in total. The second-order valence-corrected chi connectivity index (χ2v) is 4.88. The van der Waals surface area contributed by atoms with E-state index >= 15 is 0 Å². The van der Waals surface area contributed by atoms with Crippen molar-refractivity contribution in [1.82, 2.24) is 4.57 Å². The number of hydrogen-bond acceptors (Lipinski definition) is 3. The molecule has 1 saturated heterocycles. The quantitative estimate of drug-likeness (QED) is 0.867. The maximum atomic E-state index is 9.43. The molecule has 1 unspecified atom stereocenters. The van der Waals surface area contributed by atoms with Crippen LogP contribution >= 0.6 is 12.4 Å². The van der Waals surface area contributed by atoms with Gasteiger partial charge in [0.2, 0.25) is 0 Å². The third-order valence-corrected chi connectivity index (χ3v) is 3.71. The number of nitrogens with two attached hydrogens (primary N) is 1. The third-order valence-electron chi connectivity index (χ3n) is 3.71. The molecule has 5 heteroatoms. The van der Waals surface area contributed by atoms with Crippen molar-refractivity contribution >= 4 is 29.1 Å². The van der Waals surface area contributed by atoms with Crippen molar-refractivity contribution in [3.8, 4) is 6.07 Å². The molecular weight excluding hydrogens is 260 g/mol. The van der Waals surface area contributed by atoms with Crippen LogP contribution in [0.5, 0.6) is 0 Å². The molecule has 1 aromatic heterocycles. The lowest BCUT2D eigenvalue weighted by Crippen LogP contribution is -2.28. The second-order valence-electron chi connectivity index (χ2n) is 4.88. The number of benzene rings is 1. The molecule has 1 fully saturated rings. The molecule has 0 amide bonds. The maximum absolute atomic E-state index is 9.43. The summed E-state index contributed by atoms with van der Waals surface area (Å²) in [7, 11) is 2.02. The van der Waals surface area contributed by atoms with Crippen molar-refractivity contribution in [2.24, 2.45) is 12.8 Å². The number of nitrogens with zero attached hydrogens (tertiary/aromatic N) is 3. The number of hydrogen-bond donors (Lipinski definition) is 1. The van der Waals surface area contributed by atoms with Crippen molar-refractivity contribution in [2.75, 3.05) is 18.0 Å². The lowest BCUT2D eigenvalue weighted by molar-refractivity contribution is 0.749. The van der Waals surface area contributed by atoms with Gasteiger partial charge in [0, 0.05) is 31.6 Å². The highest BCUT2D eigenvalue weighted by molar-refractivity contribution is 5.92. The van der Waals surface area contributed by atoms with Gasteiger partial charge in [-0.15, -0.1) is 12.4 Å². The van der Waals surface area contributed by atoms with Crippen LogP contribution in [-0.4, -0.2) is 23.7 Å². The van der Waals surface area contributed by atoms with E-state index in [4.69, 9.17) is 5.73 Å². The van der Waals surface area contributed by atoms with E-state index < -0.39 is 0 Å². The van der Waals surface area contributed by atoms with Gasteiger partial charge in [-0.3, -0.25) is 0 Å². The van der Waals surface area contributed by atoms with E-state index in [1.165, 1.54) is 0 Å². The number of aromatic nitrogens is 1. The average Bonchev–Trinajstić information content (AvgIpc) is 2.92. The van der Waals surface area contributed by atoms with Gasteiger partial charge in [-0.25, -0.2) is 0 Å². The van der Waals surface area contributed by atoms with Crippen LogP contribution in [0.4, 0.5) is 5.82 Å². The minimum atomic E-state index is 0. The topological polar surface area (TPSA) is 58.0 Å². The Bertz CT molecular complexity index is 641. The molecule has 1 aliphatic heterocycles. The zero-order valence-corrected chi connectivity index (χ0v) is 11.7. The molecular formula is C14H17ClN4. The van der Waals surface area contributed by atoms with Crippen molar-refractivity contribution in [3.63, 3.8) is 0 Å². The lowest BCUT2D eigenvalue weighted by atomic mass is 10.2. The molecule has 2 heterocycles. The molecule has 0 aliphatic carbocycles. The smallest absolute Gasteiger partial charge is 0.127 e. The Balaban J connectivity index is 0.00000133. The fourth-order valence-electron chi connectivity index (χ4n) is 2.84. The van der Waals surface area contributed by atoms with Gasteiger partial charge in [0.25, 0.3) is 0 Å². The van der Waals surface area contributed by atoms with Gasteiger partial charge in [-0.2, -0.15) is 5.26 Å². The van der Waals surface area contributed by atoms with Gasteiger partial charge < -0.3 is 15.2 Å². The number of nitriles is 1. The zero-order chi connectivity index (χ0) is 12.7. The predicted octanol–water partition coefficient (Wildman–Crippen LogP) is 2.01. The largest absolute Gasteiger partial charge is 0.355 e. The molecule has 19 heavy (non-hydrogen) atoms. The van der Waals surface area contributed by atoms with E-state index in [-0.39, 0.29) is 18.4 Å². The molecule has 1 aromatic carbocycles. The summed E-state index contributed by atoms with van der Waals surface area (Å²) in [5.41, 5.74) is 7.83. The van der Waals surface area contributed by atoms with Crippen LogP contribution in [0.25, 0.3) is 10.9 Å². The summed E-state index contributed by atoms with van der Waals surface area (Å²) >= 11 is 0. The minimum absolute atomic E-state index is 0. The first-order valence-electron chi connectivity index (χ1n) is 6.20. The van der Waals surface area contributed by atoms with Gasteiger partial charge >= 0.3 is 0 Å². The summed E-state index contributed by atoms with van der Waals surface area (Å²) in [5, 5.41) is 10.5. The normalized spacial score (nSPS) is 18.4. The van der Waals surface area contributed by atoms with Crippen LogP contribution in [0.2, 0.25) is 0 Å². The van der Waals surface area contributed by atoms with Crippen LogP contribution in [0, 0.1) is 11.3 Å². The summed E-state index contributed by atoms with van der Waals surface area (Å²) in [6.45, 7) is 1.76. The van der Waals surface area contributed by atoms with Crippen LogP contribution in [0.3, 0.4) is 0 Å². The number of aryl methyl sites for hydroxylation is 1. The van der Waals surface area contributed by atoms with Crippen LogP contribution in [-0.2, 0) is 7.05 Å². The van der Waals surface area contributed by atoms with E-state index in [0.717, 1.165) is 41.8 Å². The molecule has 1 aliphatic rings. The number of anilines is 1. The second kappa shape index (κ2) is 5.12. The summed E-state index contributed by atoms with van der Waals surface area (Å²) in [6.07, 6.45) is 0.992. The minimum Gasteiger partial charge on any atom is -0.355 e.